The lowest BCUT2D eigenvalue weighted by Gasteiger charge is -2.55. The molecule has 8 heteroatoms. The summed E-state index contributed by atoms with van der Waals surface area (Å²) in [4.78, 5) is 37.3. The number of hydrazine groups is 1. The van der Waals surface area contributed by atoms with Gasteiger partial charge in [-0.1, -0.05) is 0 Å². The van der Waals surface area contributed by atoms with Crippen molar-refractivity contribution >= 4 is 17.7 Å². The van der Waals surface area contributed by atoms with Gasteiger partial charge in [0.15, 0.2) is 11.5 Å². The van der Waals surface area contributed by atoms with Crippen LogP contribution in [0.15, 0.2) is 18.2 Å². The van der Waals surface area contributed by atoms with Crippen molar-refractivity contribution in [3.63, 3.8) is 0 Å². The van der Waals surface area contributed by atoms with Gasteiger partial charge in [-0.3, -0.25) is 25.2 Å². The highest BCUT2D eigenvalue weighted by Crippen LogP contribution is 2.60. The minimum absolute atomic E-state index is 0.0111. The third-order valence-electron chi connectivity index (χ3n) is 6.89. The van der Waals surface area contributed by atoms with Crippen LogP contribution in [0.5, 0.6) is 11.5 Å². The van der Waals surface area contributed by atoms with Crippen LogP contribution in [0.4, 0.5) is 0 Å². The fourth-order valence-electron chi connectivity index (χ4n) is 5.96. The second-order valence-corrected chi connectivity index (χ2v) is 8.95. The average molecular weight is 415 g/mol. The monoisotopic (exact) mass is 415 g/mol. The van der Waals surface area contributed by atoms with Gasteiger partial charge in [0.1, 0.15) is 0 Å². The molecule has 4 fully saturated rings. The zero-order valence-corrected chi connectivity index (χ0v) is 17.5. The Bertz CT molecular complexity index is 818. The number of ether oxygens (including phenoxy) is 2. The number of methoxy groups -OCH3 is 2. The molecule has 30 heavy (non-hydrogen) atoms. The van der Waals surface area contributed by atoms with E-state index in [4.69, 9.17) is 9.47 Å². The smallest absolute Gasteiger partial charge is 0.269 e. The number of carbonyl (C=O) groups is 3. The highest BCUT2D eigenvalue weighted by molar-refractivity contribution is 5.96. The van der Waals surface area contributed by atoms with Crippen LogP contribution in [0, 0.1) is 23.2 Å². The summed E-state index contributed by atoms with van der Waals surface area (Å²) in [5, 5.41) is 2.80. The Labute approximate surface area is 176 Å². The van der Waals surface area contributed by atoms with Gasteiger partial charge >= 0.3 is 0 Å². The largest absolute Gasteiger partial charge is 0.493 e. The lowest BCUT2D eigenvalue weighted by atomic mass is 9.49. The number of benzene rings is 1. The van der Waals surface area contributed by atoms with E-state index in [0.29, 0.717) is 34.8 Å². The quantitative estimate of drug-likeness (QED) is 0.615. The molecular weight excluding hydrogens is 386 g/mol. The summed E-state index contributed by atoms with van der Waals surface area (Å²) in [6.07, 6.45) is 6.62. The van der Waals surface area contributed by atoms with Crippen LogP contribution >= 0.6 is 0 Å². The van der Waals surface area contributed by atoms with Crippen molar-refractivity contribution in [3.8, 4) is 11.5 Å². The SMILES string of the molecule is COc1ccc(C(=O)NNC(=O)CNC(=O)C23CC4CC(CC(C4)C2)C3)cc1OC. The van der Waals surface area contributed by atoms with E-state index in [1.165, 1.54) is 39.5 Å². The molecule has 5 rings (SSSR count). The van der Waals surface area contributed by atoms with Gasteiger partial charge in [-0.15, -0.1) is 0 Å². The molecule has 0 atom stereocenters. The molecule has 3 N–H and O–H groups in total. The van der Waals surface area contributed by atoms with Crippen LogP contribution in [0.3, 0.4) is 0 Å². The predicted octanol–water partition coefficient (Wildman–Crippen LogP) is 1.80. The first-order chi connectivity index (χ1) is 14.4. The molecule has 0 spiro atoms. The van der Waals surface area contributed by atoms with Gasteiger partial charge in [0.05, 0.1) is 20.8 Å². The molecule has 3 amide bonds. The summed E-state index contributed by atoms with van der Waals surface area (Å²) >= 11 is 0. The first-order valence-corrected chi connectivity index (χ1v) is 10.5. The summed E-state index contributed by atoms with van der Waals surface area (Å²) in [6, 6.07) is 4.70. The maximum Gasteiger partial charge on any atom is 0.269 e. The maximum absolute atomic E-state index is 12.9. The molecule has 4 saturated carbocycles. The standard InChI is InChI=1S/C22H29N3O5/c1-29-17-4-3-16(8-18(17)30-2)20(27)25-24-19(26)12-23-21(28)22-9-13-5-14(10-22)7-15(6-13)11-22/h3-4,8,13-15H,5-7,9-12H2,1-2H3,(H,23,28)(H,24,26)(H,25,27). The number of amides is 3. The second-order valence-electron chi connectivity index (χ2n) is 8.95. The molecule has 0 saturated heterocycles. The topological polar surface area (TPSA) is 106 Å². The molecule has 162 valence electrons. The minimum Gasteiger partial charge on any atom is -0.493 e. The minimum atomic E-state index is -0.489. The van der Waals surface area contributed by atoms with E-state index in [-0.39, 0.29) is 17.9 Å². The molecule has 1 aromatic rings. The summed E-state index contributed by atoms with van der Waals surface area (Å²) in [5.41, 5.74) is 4.73. The lowest BCUT2D eigenvalue weighted by molar-refractivity contribution is -0.147. The Hall–Kier alpha value is -2.77. The zero-order chi connectivity index (χ0) is 21.3. The van der Waals surface area contributed by atoms with E-state index in [0.717, 1.165) is 19.3 Å². The summed E-state index contributed by atoms with van der Waals surface area (Å²) in [5.74, 6) is 1.94. The molecule has 0 aromatic heterocycles. The molecule has 4 aliphatic rings. The highest BCUT2D eigenvalue weighted by atomic mass is 16.5. The van der Waals surface area contributed by atoms with Gasteiger partial charge in [-0.25, -0.2) is 0 Å². The molecular formula is C22H29N3O5. The van der Waals surface area contributed by atoms with Crippen molar-refractivity contribution in [1.29, 1.82) is 0 Å². The normalized spacial score (nSPS) is 28.5. The van der Waals surface area contributed by atoms with E-state index in [2.05, 4.69) is 16.2 Å². The molecule has 0 heterocycles. The highest BCUT2D eigenvalue weighted by Gasteiger charge is 2.54. The summed E-state index contributed by atoms with van der Waals surface area (Å²) in [7, 11) is 2.99. The first-order valence-electron chi connectivity index (χ1n) is 10.5. The molecule has 4 bridgehead atoms. The Kier molecular flexibility index (Phi) is 5.58. The molecule has 4 aliphatic carbocycles. The van der Waals surface area contributed by atoms with Crippen LogP contribution < -0.4 is 25.6 Å². The summed E-state index contributed by atoms with van der Waals surface area (Å²) < 4.78 is 10.3. The molecule has 0 radical (unpaired) electrons. The maximum atomic E-state index is 12.9. The van der Waals surface area contributed by atoms with E-state index < -0.39 is 11.8 Å². The Morgan fingerprint density at radius 3 is 2.10 bits per heavy atom. The number of hydrogen-bond acceptors (Lipinski definition) is 5. The fraction of sp³-hybridized carbons (Fsp3) is 0.591. The van der Waals surface area contributed by atoms with E-state index in [1.807, 2.05) is 0 Å². The third-order valence-corrected chi connectivity index (χ3v) is 6.89. The van der Waals surface area contributed by atoms with Gasteiger partial charge in [0, 0.05) is 11.0 Å². The molecule has 0 unspecified atom stereocenters. The number of hydrogen-bond donors (Lipinski definition) is 3. The molecule has 8 nitrogen and oxygen atoms in total. The van der Waals surface area contributed by atoms with Crippen molar-refractivity contribution in [2.24, 2.45) is 23.2 Å². The van der Waals surface area contributed by atoms with Crippen molar-refractivity contribution in [1.82, 2.24) is 16.2 Å². The molecule has 0 aliphatic heterocycles. The van der Waals surface area contributed by atoms with Crippen LogP contribution in [-0.4, -0.2) is 38.5 Å². The summed E-state index contributed by atoms with van der Waals surface area (Å²) in [6.45, 7) is -0.160. The Morgan fingerprint density at radius 1 is 0.933 bits per heavy atom. The van der Waals surface area contributed by atoms with Crippen LogP contribution in [-0.2, 0) is 9.59 Å². The first kappa shape index (κ1) is 20.5. The third kappa shape index (κ3) is 3.95. The van der Waals surface area contributed by atoms with E-state index in [9.17, 15) is 14.4 Å². The fourth-order valence-corrected chi connectivity index (χ4v) is 5.96. The van der Waals surface area contributed by atoms with Crippen molar-refractivity contribution < 1.29 is 23.9 Å². The average Bonchev–Trinajstić information content (AvgIpc) is 2.74. The van der Waals surface area contributed by atoms with Gasteiger partial charge in [0.25, 0.3) is 11.8 Å². The molecule has 1 aromatic carbocycles. The van der Waals surface area contributed by atoms with Gasteiger partial charge in [-0.2, -0.15) is 0 Å². The van der Waals surface area contributed by atoms with E-state index in [1.54, 1.807) is 12.1 Å². The van der Waals surface area contributed by atoms with Gasteiger partial charge in [0.2, 0.25) is 5.91 Å². The predicted molar refractivity (Wildman–Crippen MR) is 109 cm³/mol. The Balaban J connectivity index is 1.26. The van der Waals surface area contributed by atoms with Gasteiger partial charge in [-0.05, 0) is 74.5 Å². The van der Waals surface area contributed by atoms with Gasteiger partial charge < -0.3 is 14.8 Å². The second kappa shape index (κ2) is 8.16. The van der Waals surface area contributed by atoms with Crippen molar-refractivity contribution in [2.45, 2.75) is 38.5 Å². The van der Waals surface area contributed by atoms with Crippen LogP contribution in [0.2, 0.25) is 0 Å². The Morgan fingerprint density at radius 2 is 1.53 bits per heavy atom. The van der Waals surface area contributed by atoms with Crippen LogP contribution in [0.25, 0.3) is 0 Å². The lowest BCUT2D eigenvalue weighted by Crippen LogP contribution is -2.55. The van der Waals surface area contributed by atoms with Crippen molar-refractivity contribution in [3.05, 3.63) is 23.8 Å². The van der Waals surface area contributed by atoms with Crippen molar-refractivity contribution in [2.75, 3.05) is 20.8 Å². The number of nitrogens with one attached hydrogen (secondary N) is 3. The number of rotatable bonds is 6. The van der Waals surface area contributed by atoms with E-state index >= 15 is 0 Å². The zero-order valence-electron chi connectivity index (χ0n) is 17.5. The number of carbonyl (C=O) groups excluding carboxylic acids is 3. The van der Waals surface area contributed by atoms with Crippen LogP contribution in [0.1, 0.15) is 48.9 Å².